The Morgan fingerprint density at radius 2 is 0.681 bits per heavy atom. The van der Waals surface area contributed by atoms with Crippen molar-refractivity contribution in [1.29, 1.82) is 0 Å². The van der Waals surface area contributed by atoms with E-state index < -0.39 is 0 Å². The number of aromatic nitrogens is 3. The zero-order chi connectivity index (χ0) is 45.7. The predicted molar refractivity (Wildman–Crippen MR) is 282 cm³/mol. The van der Waals surface area contributed by atoms with Gasteiger partial charge in [-0.05, 0) is 109 Å². The van der Waals surface area contributed by atoms with E-state index in [0.29, 0.717) is 17.5 Å². The minimum Gasteiger partial charge on any atom is -0.460 e. The first-order chi connectivity index (χ1) is 34.2. The van der Waals surface area contributed by atoms with Crippen LogP contribution >= 0.6 is 0 Å². The summed E-state index contributed by atoms with van der Waals surface area (Å²) in [5, 5.41) is 1.16. The fraction of sp³-hybridized carbons (Fsp3) is 0.0308. The molecule has 0 aliphatic heterocycles. The number of hydrogen-bond acceptors (Lipinski definition) is 4. The predicted octanol–water partition coefficient (Wildman–Crippen LogP) is 16.9. The Balaban J connectivity index is 0.848. The summed E-state index contributed by atoms with van der Waals surface area (Å²) in [5.41, 5.74) is 18.7. The Morgan fingerprint density at radius 1 is 0.304 bits per heavy atom. The summed E-state index contributed by atoms with van der Waals surface area (Å²) in [6, 6.07) is 79.4. The van der Waals surface area contributed by atoms with E-state index in [0.717, 1.165) is 89.1 Å². The van der Waals surface area contributed by atoms with Crippen LogP contribution in [0.4, 0.5) is 0 Å². The normalized spacial score (nSPS) is 14.6. The van der Waals surface area contributed by atoms with Gasteiger partial charge in [0.05, 0.1) is 0 Å². The zero-order valence-corrected chi connectivity index (χ0v) is 37.6. The van der Waals surface area contributed by atoms with Crippen LogP contribution in [0, 0.1) is 0 Å². The minimum absolute atomic E-state index is 0.185. The summed E-state index contributed by atoms with van der Waals surface area (Å²) < 4.78 is 6.80. The Labute approximate surface area is 401 Å². The SMILES string of the molecule is C1=CC2c3ccccc3-c3c(oc4cc(-c5cccc(-c6cccc(-c7cccc(-c8nc(-c9cccc(-c%10ccccc%10)c9)nc(-c9cccc(-c%10ccccc%10)c9)n8)c7)c6)c5)ccc34)C2C=C1. The minimum atomic E-state index is 0.185. The van der Waals surface area contributed by atoms with Gasteiger partial charge in [-0.1, -0.05) is 206 Å². The van der Waals surface area contributed by atoms with E-state index in [9.17, 15) is 0 Å². The maximum Gasteiger partial charge on any atom is 0.164 e. The molecule has 2 aliphatic carbocycles. The number of fused-ring (bicyclic) bond motifs is 8. The van der Waals surface area contributed by atoms with Gasteiger partial charge in [-0.25, -0.2) is 15.0 Å². The highest BCUT2D eigenvalue weighted by Gasteiger charge is 2.36. The van der Waals surface area contributed by atoms with Crippen molar-refractivity contribution < 1.29 is 4.42 Å². The van der Waals surface area contributed by atoms with Crippen LogP contribution in [0.25, 0.3) is 112 Å². The second kappa shape index (κ2) is 17.0. The van der Waals surface area contributed by atoms with Crippen LogP contribution in [0.2, 0.25) is 0 Å². The smallest absolute Gasteiger partial charge is 0.164 e. The Morgan fingerprint density at radius 3 is 1.17 bits per heavy atom. The van der Waals surface area contributed by atoms with Crippen LogP contribution in [0.1, 0.15) is 23.2 Å². The zero-order valence-electron chi connectivity index (χ0n) is 37.6. The third-order valence-corrected chi connectivity index (χ3v) is 13.7. The fourth-order valence-electron chi connectivity index (χ4n) is 10.3. The fourth-order valence-corrected chi connectivity index (χ4v) is 10.3. The van der Waals surface area contributed by atoms with Crippen LogP contribution in [0.15, 0.2) is 253 Å². The van der Waals surface area contributed by atoms with Crippen LogP contribution in [0.5, 0.6) is 0 Å². The van der Waals surface area contributed by atoms with Gasteiger partial charge in [0, 0.05) is 39.5 Å². The molecule has 13 rings (SSSR count). The molecule has 0 radical (unpaired) electrons. The molecular formula is C65H43N3O. The molecule has 4 heteroatoms. The molecule has 0 fully saturated rings. The lowest BCUT2D eigenvalue weighted by Crippen LogP contribution is -2.15. The van der Waals surface area contributed by atoms with Crippen molar-refractivity contribution in [2.45, 2.75) is 11.8 Å². The summed E-state index contributed by atoms with van der Waals surface area (Å²) in [6.45, 7) is 0. The van der Waals surface area contributed by atoms with Gasteiger partial charge in [0.2, 0.25) is 0 Å². The highest BCUT2D eigenvalue weighted by Crippen LogP contribution is 2.53. The summed E-state index contributed by atoms with van der Waals surface area (Å²) >= 11 is 0. The van der Waals surface area contributed by atoms with Crippen molar-refractivity contribution in [3.63, 3.8) is 0 Å². The highest BCUT2D eigenvalue weighted by molar-refractivity contribution is 6.00. The van der Waals surface area contributed by atoms with Crippen molar-refractivity contribution in [3.8, 4) is 101 Å². The molecule has 0 bridgehead atoms. The molecule has 4 nitrogen and oxygen atoms in total. The van der Waals surface area contributed by atoms with Crippen LogP contribution < -0.4 is 0 Å². The summed E-state index contributed by atoms with van der Waals surface area (Å²) in [5.74, 6) is 3.37. The number of rotatable bonds is 8. The highest BCUT2D eigenvalue weighted by atomic mass is 16.3. The van der Waals surface area contributed by atoms with Crippen molar-refractivity contribution in [2.24, 2.45) is 0 Å². The molecule has 11 aromatic rings. The molecule has 2 aliphatic rings. The van der Waals surface area contributed by atoms with Gasteiger partial charge in [-0.3, -0.25) is 0 Å². The standard InChI is InChI=1S/C65H43N3O/c1-3-16-42(17-4-1)44-20-13-27-52(38-44)63-66-64(53-28-14-21-45(39-53)43-18-5-2-6-19-43)68-65(67-63)54-29-15-26-50(40-54)48-24-11-22-46(36-48)47-23-12-25-49(37-47)51-34-35-59-60(41-51)69-62-58-33-10-8-31-56(58)55-30-7-9-32-57(55)61(59)62/h1-41,56,58H. The maximum absolute atomic E-state index is 6.80. The van der Waals surface area contributed by atoms with Crippen molar-refractivity contribution in [2.75, 3.05) is 0 Å². The largest absolute Gasteiger partial charge is 0.460 e. The quantitative estimate of drug-likeness (QED) is 0.153. The molecule has 9 aromatic carbocycles. The van der Waals surface area contributed by atoms with E-state index in [1.807, 2.05) is 12.1 Å². The monoisotopic (exact) mass is 881 g/mol. The summed E-state index contributed by atoms with van der Waals surface area (Å²) in [6.07, 6.45) is 8.90. The molecule has 0 amide bonds. The first-order valence-corrected chi connectivity index (χ1v) is 23.6. The molecule has 2 heterocycles. The number of allylic oxidation sites excluding steroid dienone is 4. The summed E-state index contributed by atoms with van der Waals surface area (Å²) in [4.78, 5) is 15.5. The lowest BCUT2D eigenvalue weighted by Gasteiger charge is -2.30. The lowest BCUT2D eigenvalue weighted by atomic mass is 9.72. The molecule has 69 heavy (non-hydrogen) atoms. The molecular weight excluding hydrogens is 839 g/mol. The second-order valence-corrected chi connectivity index (χ2v) is 17.9. The van der Waals surface area contributed by atoms with Crippen molar-refractivity contribution in [3.05, 3.63) is 260 Å². The van der Waals surface area contributed by atoms with Crippen LogP contribution in [0.3, 0.4) is 0 Å². The molecule has 2 atom stereocenters. The Kier molecular flexibility index (Phi) is 9.94. The lowest BCUT2D eigenvalue weighted by molar-refractivity contribution is 0.502. The average Bonchev–Trinajstić information content (AvgIpc) is 3.83. The van der Waals surface area contributed by atoms with E-state index in [1.165, 1.54) is 16.7 Å². The van der Waals surface area contributed by atoms with Crippen molar-refractivity contribution >= 4 is 11.0 Å². The number of furan rings is 1. The van der Waals surface area contributed by atoms with Crippen molar-refractivity contribution in [1.82, 2.24) is 15.0 Å². The third-order valence-electron chi connectivity index (χ3n) is 13.7. The van der Waals surface area contributed by atoms with Gasteiger partial charge in [0.25, 0.3) is 0 Å². The molecule has 0 saturated heterocycles. The van der Waals surface area contributed by atoms with E-state index in [1.54, 1.807) is 0 Å². The van der Waals surface area contributed by atoms with E-state index in [-0.39, 0.29) is 11.8 Å². The van der Waals surface area contributed by atoms with Gasteiger partial charge in [-0.2, -0.15) is 0 Å². The van der Waals surface area contributed by atoms with Crippen LogP contribution in [-0.2, 0) is 0 Å². The molecule has 2 aromatic heterocycles. The Hall–Kier alpha value is -8.99. The first kappa shape index (κ1) is 40.3. The average molecular weight is 882 g/mol. The molecule has 0 N–H and O–H groups in total. The number of hydrogen-bond donors (Lipinski definition) is 0. The topological polar surface area (TPSA) is 51.8 Å². The Bertz CT molecular complexity index is 3710. The number of nitrogens with zero attached hydrogens (tertiary/aromatic N) is 3. The maximum atomic E-state index is 6.80. The van der Waals surface area contributed by atoms with E-state index in [4.69, 9.17) is 19.4 Å². The van der Waals surface area contributed by atoms with E-state index in [2.05, 4.69) is 237 Å². The van der Waals surface area contributed by atoms with E-state index >= 15 is 0 Å². The third kappa shape index (κ3) is 7.49. The molecule has 0 spiro atoms. The molecule has 324 valence electrons. The van der Waals surface area contributed by atoms with Gasteiger partial charge < -0.3 is 4.42 Å². The molecule has 2 unspecified atom stereocenters. The van der Waals surface area contributed by atoms with Gasteiger partial charge in [0.15, 0.2) is 17.5 Å². The second-order valence-electron chi connectivity index (χ2n) is 17.9. The van der Waals surface area contributed by atoms with Crippen LogP contribution in [-0.4, -0.2) is 15.0 Å². The number of benzene rings is 9. The van der Waals surface area contributed by atoms with Gasteiger partial charge >= 0.3 is 0 Å². The van der Waals surface area contributed by atoms with Gasteiger partial charge in [0.1, 0.15) is 11.3 Å². The summed E-state index contributed by atoms with van der Waals surface area (Å²) in [7, 11) is 0. The van der Waals surface area contributed by atoms with Gasteiger partial charge in [-0.15, -0.1) is 0 Å². The molecule has 0 saturated carbocycles. The first-order valence-electron chi connectivity index (χ1n) is 23.6.